The van der Waals surface area contributed by atoms with E-state index in [2.05, 4.69) is 72.4 Å². The topological polar surface area (TPSA) is 133 Å². The fourth-order valence-electron chi connectivity index (χ4n) is 4.53. The van der Waals surface area contributed by atoms with Gasteiger partial charge in [-0.1, -0.05) is 28.1 Å². The van der Waals surface area contributed by atoms with Crippen LogP contribution in [0.25, 0.3) is 22.3 Å². The average Bonchev–Trinajstić information content (AvgIpc) is 3.05. The SMILES string of the molecule is BrP(Br)Br.Cc1cc(OCCCS(C)(=O)=O)ncc1-c1ccc(F)c(CBr)c1.Cc1cc(OCCCS(C)(=O)=O)ncc1-c1ccc(F)c(CO)c1. The fraction of sp³-hybridized carbons (Fsp3) is 0.353. The number of aromatic nitrogens is 2. The zero-order valence-electron chi connectivity index (χ0n) is 28.8. The van der Waals surface area contributed by atoms with Crippen LogP contribution in [0.3, 0.4) is 0 Å². The van der Waals surface area contributed by atoms with E-state index in [1.807, 2.05) is 13.8 Å². The number of benzene rings is 2. The molecule has 0 saturated carbocycles. The van der Waals surface area contributed by atoms with Crippen LogP contribution in [0.4, 0.5) is 8.78 Å². The van der Waals surface area contributed by atoms with Crippen LogP contribution in [0.15, 0.2) is 60.9 Å². The van der Waals surface area contributed by atoms with Gasteiger partial charge >= 0.3 is 0 Å². The third kappa shape index (κ3) is 17.7. The molecule has 52 heavy (non-hydrogen) atoms. The summed E-state index contributed by atoms with van der Waals surface area (Å²) in [7, 11) is -5.97. The summed E-state index contributed by atoms with van der Waals surface area (Å²) in [5, 5.41) is 9.61. The number of rotatable bonds is 14. The van der Waals surface area contributed by atoms with Gasteiger partial charge in [0.05, 0.1) is 31.3 Å². The second kappa shape index (κ2) is 22.7. The molecule has 18 heteroatoms. The van der Waals surface area contributed by atoms with Gasteiger partial charge in [-0.25, -0.2) is 35.6 Å². The van der Waals surface area contributed by atoms with E-state index >= 15 is 0 Å². The number of alkyl halides is 1. The van der Waals surface area contributed by atoms with Crippen LogP contribution in [0, 0.1) is 25.5 Å². The van der Waals surface area contributed by atoms with Crippen molar-refractivity contribution in [2.24, 2.45) is 0 Å². The first-order valence-corrected chi connectivity index (χ1v) is 28.0. The lowest BCUT2D eigenvalue weighted by atomic mass is 10.0. The van der Waals surface area contributed by atoms with Gasteiger partial charge in [0.15, 0.2) is 0 Å². The predicted octanol–water partition coefficient (Wildman–Crippen LogP) is 9.80. The zero-order chi connectivity index (χ0) is 39.1. The minimum atomic E-state index is -2.99. The van der Waals surface area contributed by atoms with Crippen LogP contribution in [0.1, 0.15) is 35.1 Å². The Kier molecular flexibility index (Phi) is 20.3. The van der Waals surface area contributed by atoms with Crippen molar-refractivity contribution >= 4 is 86.1 Å². The van der Waals surface area contributed by atoms with Gasteiger partial charge < -0.3 is 14.6 Å². The Morgan fingerprint density at radius 3 is 1.44 bits per heavy atom. The highest BCUT2D eigenvalue weighted by molar-refractivity contribution is 9.93. The average molecular weight is 1040 g/mol. The van der Waals surface area contributed by atoms with Crippen LogP contribution < -0.4 is 9.47 Å². The van der Waals surface area contributed by atoms with E-state index in [1.54, 1.807) is 48.8 Å². The Balaban J connectivity index is 0.000000327. The molecule has 9 nitrogen and oxygen atoms in total. The highest BCUT2D eigenvalue weighted by Gasteiger charge is 2.11. The van der Waals surface area contributed by atoms with E-state index in [-0.39, 0.29) is 40.1 Å². The quantitative estimate of drug-likeness (QED) is 0.0745. The van der Waals surface area contributed by atoms with Crippen molar-refractivity contribution < 1.29 is 40.2 Å². The number of hydrogen-bond donors (Lipinski definition) is 1. The van der Waals surface area contributed by atoms with Crippen molar-refractivity contribution in [3.05, 3.63) is 94.8 Å². The van der Waals surface area contributed by atoms with Gasteiger partial charge in [0.1, 0.15) is 35.3 Å². The molecular weight excluding hydrogens is 1000 g/mol. The molecule has 4 aromatic rings. The smallest absolute Gasteiger partial charge is 0.213 e. The summed E-state index contributed by atoms with van der Waals surface area (Å²) in [5.74, 6) is 0.338. The number of aliphatic hydroxyl groups excluding tert-OH is 1. The zero-order valence-corrected chi connectivity index (χ0v) is 37.6. The lowest BCUT2D eigenvalue weighted by Gasteiger charge is -2.10. The summed E-state index contributed by atoms with van der Waals surface area (Å²) >= 11 is 12.8. The molecule has 0 atom stereocenters. The van der Waals surface area contributed by atoms with Crippen LogP contribution in [-0.4, -0.2) is 69.1 Å². The largest absolute Gasteiger partial charge is 0.478 e. The molecule has 0 aliphatic rings. The number of pyridine rings is 2. The molecule has 4 rings (SSSR count). The molecule has 0 saturated heterocycles. The van der Waals surface area contributed by atoms with Crippen molar-refractivity contribution in [1.82, 2.24) is 9.97 Å². The number of aryl methyl sites for hydroxylation is 2. The molecule has 0 spiro atoms. The molecule has 0 bridgehead atoms. The lowest BCUT2D eigenvalue weighted by molar-refractivity contribution is 0.276. The Labute approximate surface area is 338 Å². The molecular formula is C34H39Br4F2N2O7PS2. The Morgan fingerprint density at radius 2 is 1.10 bits per heavy atom. The molecule has 0 amide bonds. The molecule has 286 valence electrons. The maximum Gasteiger partial charge on any atom is 0.213 e. The number of sulfone groups is 2. The fourth-order valence-corrected chi connectivity index (χ4v) is 6.24. The summed E-state index contributed by atoms with van der Waals surface area (Å²) in [4.78, 5) is 8.45. The van der Waals surface area contributed by atoms with Crippen molar-refractivity contribution in [3.8, 4) is 34.0 Å². The Morgan fingerprint density at radius 1 is 0.712 bits per heavy atom. The summed E-state index contributed by atoms with van der Waals surface area (Å²) in [6, 6.07) is 13.0. The molecule has 0 fully saturated rings. The van der Waals surface area contributed by atoms with Crippen molar-refractivity contribution in [3.63, 3.8) is 0 Å². The van der Waals surface area contributed by atoms with Crippen LogP contribution >= 0.6 is 66.4 Å². The third-order valence-corrected chi connectivity index (χ3v) is 9.68. The monoisotopic (exact) mass is 1040 g/mol. The van der Waals surface area contributed by atoms with Gasteiger partial charge in [-0.3, -0.25) is 0 Å². The lowest BCUT2D eigenvalue weighted by Crippen LogP contribution is -2.08. The molecule has 1 N–H and O–H groups in total. The van der Waals surface area contributed by atoms with Crippen LogP contribution in [-0.2, 0) is 31.6 Å². The molecule has 0 aliphatic carbocycles. The predicted molar refractivity (Wildman–Crippen MR) is 221 cm³/mol. The number of aliphatic hydroxyl groups is 1. The van der Waals surface area contributed by atoms with E-state index in [9.17, 15) is 25.6 Å². The van der Waals surface area contributed by atoms with Crippen molar-refractivity contribution in [2.45, 2.75) is 38.6 Å². The molecule has 2 aromatic carbocycles. The van der Waals surface area contributed by atoms with Gasteiger partial charge in [-0.05, 0) is 125 Å². The van der Waals surface area contributed by atoms with Gasteiger partial charge in [0, 0.05) is 59.1 Å². The summed E-state index contributed by atoms with van der Waals surface area (Å²) in [6.07, 6.45) is 6.52. The van der Waals surface area contributed by atoms with E-state index in [0.717, 1.165) is 33.4 Å². The van der Waals surface area contributed by atoms with Crippen LogP contribution in [0.2, 0.25) is 0 Å². The Bertz CT molecular complexity index is 1850. The molecule has 0 aliphatic heterocycles. The highest BCUT2D eigenvalue weighted by atomic mass is 80.0. The highest BCUT2D eigenvalue weighted by Crippen LogP contribution is 2.59. The maximum atomic E-state index is 13.6. The first kappa shape index (κ1) is 46.6. The van der Waals surface area contributed by atoms with E-state index < -0.39 is 25.5 Å². The second-order valence-electron chi connectivity index (χ2n) is 11.4. The number of hydrogen-bond acceptors (Lipinski definition) is 9. The van der Waals surface area contributed by atoms with Crippen LogP contribution in [0.5, 0.6) is 11.8 Å². The summed E-state index contributed by atoms with van der Waals surface area (Å²) in [6.45, 7) is 4.00. The molecule has 2 heterocycles. The first-order chi connectivity index (χ1) is 24.3. The van der Waals surface area contributed by atoms with E-state index in [1.165, 1.54) is 24.6 Å². The Hall–Kier alpha value is -1.59. The number of nitrogens with zero attached hydrogens (tertiary/aromatic N) is 2. The van der Waals surface area contributed by atoms with Gasteiger partial charge in [0.2, 0.25) is 11.8 Å². The molecule has 0 unspecified atom stereocenters. The second-order valence-corrected chi connectivity index (χ2v) is 31.8. The normalized spacial score (nSPS) is 11.3. The summed E-state index contributed by atoms with van der Waals surface area (Å²) in [5.41, 5.74) is 6.03. The maximum absolute atomic E-state index is 13.6. The minimum absolute atomic E-state index is 0.0730. The molecule has 0 radical (unpaired) electrons. The minimum Gasteiger partial charge on any atom is -0.478 e. The van der Waals surface area contributed by atoms with Crippen molar-refractivity contribution in [1.29, 1.82) is 0 Å². The van der Waals surface area contributed by atoms with E-state index in [0.29, 0.717) is 42.1 Å². The number of halogens is 6. The van der Waals surface area contributed by atoms with Gasteiger partial charge in [-0.15, -0.1) is 0 Å². The molecule has 2 aromatic heterocycles. The standard InChI is InChI=1S/C17H19BrFNO3S.C17H20FNO4S.Br3P/c1-12-8-17(23-6-3-7-24(2,21)22)20-11-15(12)13-4-5-16(19)14(9-13)10-18;1-12-8-17(23-6-3-7-24(2,21)22)19-10-15(12)13-4-5-16(18)14(9-13)11-20;1-4(2)3/h4-5,8-9,11H,3,6-7,10H2,1-2H3;4-5,8-10,20H,3,6-7,11H2,1-2H3;. The van der Waals surface area contributed by atoms with Gasteiger partial charge in [-0.2, -0.15) is 0 Å². The summed E-state index contributed by atoms with van der Waals surface area (Å²) < 4.78 is 82.1. The first-order valence-electron chi connectivity index (χ1n) is 15.4. The van der Waals surface area contributed by atoms with E-state index in [4.69, 9.17) is 14.6 Å². The third-order valence-electron chi connectivity index (χ3n) is 7.02. The van der Waals surface area contributed by atoms with Crippen molar-refractivity contribution in [2.75, 3.05) is 37.2 Å². The van der Waals surface area contributed by atoms with Gasteiger partial charge in [0.25, 0.3) is 0 Å². The number of ether oxygens (including phenoxy) is 2.